The van der Waals surface area contributed by atoms with Crippen LogP contribution in [0.2, 0.25) is 0 Å². The normalized spacial score (nSPS) is 23.5. The molecule has 1 nitrogen and oxygen atoms in total. The molecule has 3 heteroatoms. The minimum atomic E-state index is -0.106. The Morgan fingerprint density at radius 1 is 1.47 bits per heavy atom. The first-order valence-electron chi connectivity index (χ1n) is 7.05. The number of hydrogen-bond acceptors (Lipinski definition) is 1. The number of benzene rings is 1. The van der Waals surface area contributed by atoms with Gasteiger partial charge in [-0.15, -0.1) is 0 Å². The first-order chi connectivity index (χ1) is 8.94. The van der Waals surface area contributed by atoms with Crippen LogP contribution in [0.15, 0.2) is 22.7 Å². The van der Waals surface area contributed by atoms with E-state index in [0.717, 1.165) is 16.5 Å². The molecule has 0 saturated heterocycles. The third kappa shape index (κ3) is 3.38. The molecule has 0 heterocycles. The fraction of sp³-hybridized carbons (Fsp3) is 0.625. The summed E-state index contributed by atoms with van der Waals surface area (Å²) in [5.74, 6) is 0.519. The summed E-state index contributed by atoms with van der Waals surface area (Å²) in [6.45, 7) is 4.68. The lowest BCUT2D eigenvalue weighted by molar-refractivity contribution is 0.201. The Balaban J connectivity index is 2.15. The van der Waals surface area contributed by atoms with Gasteiger partial charge in [-0.1, -0.05) is 42.3 Å². The highest BCUT2D eigenvalue weighted by molar-refractivity contribution is 9.10. The molecule has 1 saturated carbocycles. The summed E-state index contributed by atoms with van der Waals surface area (Å²) >= 11 is 3.31. The van der Waals surface area contributed by atoms with E-state index in [1.54, 1.807) is 6.07 Å². The topological polar surface area (TPSA) is 12.0 Å². The van der Waals surface area contributed by atoms with Crippen LogP contribution in [0.5, 0.6) is 0 Å². The first-order valence-corrected chi connectivity index (χ1v) is 7.84. The molecule has 0 bridgehead atoms. The highest BCUT2D eigenvalue weighted by Crippen LogP contribution is 2.45. The minimum Gasteiger partial charge on any atom is -0.316 e. The average molecular weight is 328 g/mol. The standard InChI is InChI=1S/C16H23BrFN/c1-16(2)8-4-5-13(16)15(19-3)9-11-6-7-12(17)10-14(11)18/h6-7,10,13,15,19H,4-5,8-9H2,1-3H3. The van der Waals surface area contributed by atoms with Crippen molar-refractivity contribution in [3.05, 3.63) is 34.1 Å². The molecule has 19 heavy (non-hydrogen) atoms. The number of nitrogens with one attached hydrogen (secondary N) is 1. The molecular formula is C16H23BrFN. The van der Waals surface area contributed by atoms with Gasteiger partial charge >= 0.3 is 0 Å². The van der Waals surface area contributed by atoms with Crippen LogP contribution in [-0.4, -0.2) is 13.1 Å². The summed E-state index contributed by atoms with van der Waals surface area (Å²) in [7, 11) is 2.00. The Morgan fingerprint density at radius 2 is 2.21 bits per heavy atom. The molecular weight excluding hydrogens is 305 g/mol. The third-order valence-corrected chi connectivity index (χ3v) is 5.14. The minimum absolute atomic E-state index is 0.106. The third-order valence-electron chi connectivity index (χ3n) is 4.65. The molecule has 1 aliphatic rings. The predicted octanol–water partition coefficient (Wildman–Crippen LogP) is 4.55. The highest BCUT2D eigenvalue weighted by Gasteiger charge is 2.39. The molecule has 2 rings (SSSR count). The van der Waals surface area contributed by atoms with Crippen molar-refractivity contribution in [2.75, 3.05) is 7.05 Å². The molecule has 1 fully saturated rings. The summed E-state index contributed by atoms with van der Waals surface area (Å²) in [6.07, 6.45) is 4.58. The van der Waals surface area contributed by atoms with Crippen molar-refractivity contribution in [1.82, 2.24) is 5.32 Å². The molecule has 1 aromatic rings. The summed E-state index contributed by atoms with van der Waals surface area (Å²) in [6, 6.07) is 5.73. The number of likely N-dealkylation sites (N-methyl/N-ethyl adjacent to an activating group) is 1. The van der Waals surface area contributed by atoms with E-state index in [1.165, 1.54) is 19.3 Å². The van der Waals surface area contributed by atoms with Crippen LogP contribution in [0.1, 0.15) is 38.7 Å². The lowest BCUT2D eigenvalue weighted by Crippen LogP contribution is -2.40. The Bertz CT molecular complexity index is 444. The largest absolute Gasteiger partial charge is 0.316 e. The van der Waals surface area contributed by atoms with Gasteiger partial charge in [0.05, 0.1) is 0 Å². The summed E-state index contributed by atoms with van der Waals surface area (Å²) in [4.78, 5) is 0. The van der Waals surface area contributed by atoms with E-state index in [0.29, 0.717) is 17.4 Å². The van der Waals surface area contributed by atoms with Crippen LogP contribution in [0.25, 0.3) is 0 Å². The molecule has 0 radical (unpaired) electrons. The van der Waals surface area contributed by atoms with Crippen LogP contribution in [0, 0.1) is 17.2 Å². The van der Waals surface area contributed by atoms with Gasteiger partial charge in [0.1, 0.15) is 5.82 Å². The van der Waals surface area contributed by atoms with Gasteiger partial charge in [-0.2, -0.15) is 0 Å². The van der Waals surface area contributed by atoms with Gasteiger partial charge in [0.2, 0.25) is 0 Å². The molecule has 0 spiro atoms. The summed E-state index contributed by atoms with van der Waals surface area (Å²) < 4.78 is 14.8. The van der Waals surface area contributed by atoms with Crippen molar-refractivity contribution in [3.63, 3.8) is 0 Å². The molecule has 1 aliphatic carbocycles. The Labute approximate surface area is 124 Å². The first kappa shape index (κ1) is 15.0. The van der Waals surface area contributed by atoms with Crippen LogP contribution < -0.4 is 5.32 Å². The zero-order chi connectivity index (χ0) is 14.0. The van der Waals surface area contributed by atoms with Gasteiger partial charge in [0.25, 0.3) is 0 Å². The monoisotopic (exact) mass is 327 g/mol. The van der Waals surface area contributed by atoms with Crippen LogP contribution >= 0.6 is 15.9 Å². The second-order valence-corrected chi connectivity index (χ2v) is 7.24. The van der Waals surface area contributed by atoms with Gasteiger partial charge in [0.15, 0.2) is 0 Å². The average Bonchev–Trinajstić information content (AvgIpc) is 2.68. The van der Waals surface area contributed by atoms with E-state index < -0.39 is 0 Å². The van der Waals surface area contributed by atoms with Crippen molar-refractivity contribution < 1.29 is 4.39 Å². The maximum absolute atomic E-state index is 14.0. The second-order valence-electron chi connectivity index (χ2n) is 6.32. The SMILES string of the molecule is CNC(Cc1ccc(Br)cc1F)C1CCCC1(C)C. The maximum atomic E-state index is 14.0. The van der Waals surface area contributed by atoms with E-state index in [2.05, 4.69) is 35.1 Å². The van der Waals surface area contributed by atoms with Crippen LogP contribution in [-0.2, 0) is 6.42 Å². The van der Waals surface area contributed by atoms with Gasteiger partial charge in [0, 0.05) is 10.5 Å². The van der Waals surface area contributed by atoms with Crippen LogP contribution in [0.4, 0.5) is 4.39 Å². The van der Waals surface area contributed by atoms with Crippen molar-refractivity contribution in [2.24, 2.45) is 11.3 Å². The molecule has 2 atom stereocenters. The molecule has 0 aromatic heterocycles. The predicted molar refractivity (Wildman–Crippen MR) is 81.8 cm³/mol. The van der Waals surface area contributed by atoms with Crippen molar-refractivity contribution in [1.29, 1.82) is 0 Å². The molecule has 106 valence electrons. The molecule has 1 N–H and O–H groups in total. The highest BCUT2D eigenvalue weighted by atomic mass is 79.9. The lowest BCUT2D eigenvalue weighted by atomic mass is 9.76. The van der Waals surface area contributed by atoms with E-state index >= 15 is 0 Å². The molecule has 2 unspecified atom stereocenters. The summed E-state index contributed by atoms with van der Waals surface area (Å²) in [5.41, 5.74) is 1.17. The van der Waals surface area contributed by atoms with Crippen molar-refractivity contribution >= 4 is 15.9 Å². The lowest BCUT2D eigenvalue weighted by Gasteiger charge is -2.34. The molecule has 1 aromatic carbocycles. The van der Waals surface area contributed by atoms with E-state index in [9.17, 15) is 4.39 Å². The van der Waals surface area contributed by atoms with Gasteiger partial charge in [-0.3, -0.25) is 0 Å². The molecule has 0 aliphatic heterocycles. The Kier molecular flexibility index (Phi) is 4.67. The smallest absolute Gasteiger partial charge is 0.127 e. The van der Waals surface area contributed by atoms with Crippen LogP contribution in [0.3, 0.4) is 0 Å². The number of hydrogen-bond donors (Lipinski definition) is 1. The van der Waals surface area contributed by atoms with Crippen molar-refractivity contribution in [3.8, 4) is 0 Å². The Hall–Kier alpha value is -0.410. The van der Waals surface area contributed by atoms with Gasteiger partial charge in [-0.25, -0.2) is 4.39 Å². The van der Waals surface area contributed by atoms with E-state index in [4.69, 9.17) is 0 Å². The second kappa shape index (κ2) is 5.92. The zero-order valence-corrected chi connectivity index (χ0v) is 13.6. The fourth-order valence-corrected chi connectivity index (χ4v) is 3.80. The van der Waals surface area contributed by atoms with Gasteiger partial charge < -0.3 is 5.32 Å². The van der Waals surface area contributed by atoms with Gasteiger partial charge in [-0.05, 0) is 55.3 Å². The van der Waals surface area contributed by atoms with E-state index in [1.807, 2.05) is 19.2 Å². The Morgan fingerprint density at radius 3 is 2.74 bits per heavy atom. The quantitative estimate of drug-likeness (QED) is 0.855. The number of halogens is 2. The molecule has 0 amide bonds. The maximum Gasteiger partial charge on any atom is 0.127 e. The van der Waals surface area contributed by atoms with Crippen molar-refractivity contribution in [2.45, 2.75) is 45.6 Å². The fourth-order valence-electron chi connectivity index (χ4n) is 3.47. The van der Waals surface area contributed by atoms with E-state index in [-0.39, 0.29) is 5.82 Å². The summed E-state index contributed by atoms with van der Waals surface area (Å²) in [5, 5.41) is 3.41. The zero-order valence-electron chi connectivity index (χ0n) is 12.0. The number of rotatable bonds is 4.